The molecule has 0 bridgehead atoms. The van der Waals surface area contributed by atoms with E-state index in [2.05, 4.69) is 5.32 Å². The molecule has 0 heterocycles. The van der Waals surface area contributed by atoms with Crippen molar-refractivity contribution in [2.75, 3.05) is 10.5 Å². The van der Waals surface area contributed by atoms with Crippen LogP contribution in [-0.2, 0) is 11.2 Å². The number of carbonyl (C=O) groups is 1. The Balaban J connectivity index is 3.08. The van der Waals surface area contributed by atoms with Gasteiger partial charge in [-0.25, -0.2) is 0 Å². The standard InChI is InChI=1S/C11H16N2O3/c1-3-8-9(12-11(14)4-2)6-5-7-10(8)13(15)16/h5-7,15-16H,3-4H2,1-2H3,(H,12,14). The van der Waals surface area contributed by atoms with Crippen LogP contribution in [0.4, 0.5) is 11.4 Å². The molecule has 3 N–H and O–H groups in total. The molecule has 0 unspecified atom stereocenters. The second-order valence-electron chi connectivity index (χ2n) is 3.35. The summed E-state index contributed by atoms with van der Waals surface area (Å²) >= 11 is 0. The van der Waals surface area contributed by atoms with E-state index in [-0.39, 0.29) is 16.8 Å². The molecule has 1 amide bonds. The van der Waals surface area contributed by atoms with Crippen LogP contribution < -0.4 is 10.5 Å². The molecular weight excluding hydrogens is 208 g/mol. The average molecular weight is 224 g/mol. The molecule has 1 rings (SSSR count). The van der Waals surface area contributed by atoms with Crippen molar-refractivity contribution in [1.82, 2.24) is 0 Å². The Hall–Kier alpha value is -1.59. The van der Waals surface area contributed by atoms with Crippen LogP contribution in [0.2, 0.25) is 0 Å². The number of rotatable bonds is 4. The molecule has 0 saturated heterocycles. The van der Waals surface area contributed by atoms with Gasteiger partial charge in [0, 0.05) is 17.7 Å². The number of hydrogen-bond donors (Lipinski definition) is 3. The lowest BCUT2D eigenvalue weighted by molar-refractivity contribution is -0.115. The zero-order chi connectivity index (χ0) is 12.1. The summed E-state index contributed by atoms with van der Waals surface area (Å²) in [4.78, 5) is 11.3. The minimum atomic E-state index is -0.103. The van der Waals surface area contributed by atoms with E-state index in [0.29, 0.717) is 24.1 Å². The van der Waals surface area contributed by atoms with Gasteiger partial charge in [0.25, 0.3) is 0 Å². The molecule has 0 atom stereocenters. The normalized spacial score (nSPS) is 10.0. The summed E-state index contributed by atoms with van der Waals surface area (Å²) in [7, 11) is 0. The Bertz CT molecular complexity index is 377. The first-order chi connectivity index (χ1) is 7.60. The average Bonchev–Trinajstić information content (AvgIpc) is 2.28. The van der Waals surface area contributed by atoms with E-state index in [1.165, 1.54) is 0 Å². The minimum absolute atomic E-state index is 0.0699. The first kappa shape index (κ1) is 12.5. The Kier molecular flexibility index (Phi) is 4.28. The lowest BCUT2D eigenvalue weighted by Crippen LogP contribution is -2.16. The van der Waals surface area contributed by atoms with Crippen molar-refractivity contribution in [2.45, 2.75) is 26.7 Å². The molecule has 5 heteroatoms. The van der Waals surface area contributed by atoms with E-state index in [9.17, 15) is 4.79 Å². The lowest BCUT2D eigenvalue weighted by Gasteiger charge is -2.16. The van der Waals surface area contributed by atoms with Crippen molar-refractivity contribution in [1.29, 1.82) is 0 Å². The fraction of sp³-hybridized carbons (Fsp3) is 0.364. The zero-order valence-corrected chi connectivity index (χ0v) is 9.40. The smallest absolute Gasteiger partial charge is 0.224 e. The fourth-order valence-electron chi connectivity index (χ4n) is 1.49. The molecule has 0 aliphatic carbocycles. The van der Waals surface area contributed by atoms with Crippen LogP contribution in [0.25, 0.3) is 0 Å². The van der Waals surface area contributed by atoms with E-state index in [1.54, 1.807) is 25.1 Å². The van der Waals surface area contributed by atoms with Crippen LogP contribution in [0.15, 0.2) is 18.2 Å². The van der Waals surface area contributed by atoms with Crippen LogP contribution in [0.1, 0.15) is 25.8 Å². The maximum absolute atomic E-state index is 11.3. The number of nitrogens with one attached hydrogen (secondary N) is 1. The molecule has 88 valence electrons. The summed E-state index contributed by atoms with van der Waals surface area (Å²) in [6.45, 7) is 3.64. The fourth-order valence-corrected chi connectivity index (χ4v) is 1.49. The molecular formula is C11H16N2O3. The quantitative estimate of drug-likeness (QED) is 0.685. The van der Waals surface area contributed by atoms with Gasteiger partial charge in [0.15, 0.2) is 0 Å². The summed E-state index contributed by atoms with van der Waals surface area (Å²) in [5.74, 6) is -0.103. The number of anilines is 2. The van der Waals surface area contributed by atoms with E-state index in [1.807, 2.05) is 6.92 Å². The van der Waals surface area contributed by atoms with Gasteiger partial charge in [-0.15, -0.1) is 5.23 Å². The van der Waals surface area contributed by atoms with Crippen molar-refractivity contribution in [3.63, 3.8) is 0 Å². The van der Waals surface area contributed by atoms with Gasteiger partial charge in [0.1, 0.15) is 0 Å². The molecule has 1 aromatic carbocycles. The van der Waals surface area contributed by atoms with Crippen LogP contribution in [0.5, 0.6) is 0 Å². The van der Waals surface area contributed by atoms with Gasteiger partial charge in [-0.1, -0.05) is 19.9 Å². The Labute approximate surface area is 94.2 Å². The number of amides is 1. The van der Waals surface area contributed by atoms with Crippen molar-refractivity contribution in [3.8, 4) is 0 Å². The van der Waals surface area contributed by atoms with Crippen LogP contribution in [0, 0.1) is 0 Å². The molecule has 0 spiro atoms. The van der Waals surface area contributed by atoms with Gasteiger partial charge < -0.3 is 5.32 Å². The van der Waals surface area contributed by atoms with E-state index < -0.39 is 0 Å². The van der Waals surface area contributed by atoms with Crippen molar-refractivity contribution in [2.24, 2.45) is 0 Å². The van der Waals surface area contributed by atoms with Gasteiger partial charge in [-0.2, -0.15) is 0 Å². The van der Waals surface area contributed by atoms with Gasteiger partial charge in [0.05, 0.1) is 5.69 Å². The Morgan fingerprint density at radius 3 is 2.56 bits per heavy atom. The second-order valence-corrected chi connectivity index (χ2v) is 3.35. The molecule has 0 aromatic heterocycles. The molecule has 0 aliphatic rings. The summed E-state index contributed by atoms with van der Waals surface area (Å²) in [5.41, 5.74) is 1.57. The third-order valence-corrected chi connectivity index (χ3v) is 2.32. The van der Waals surface area contributed by atoms with Crippen molar-refractivity contribution in [3.05, 3.63) is 23.8 Å². The Morgan fingerprint density at radius 2 is 2.06 bits per heavy atom. The maximum Gasteiger partial charge on any atom is 0.224 e. The Morgan fingerprint density at radius 1 is 1.38 bits per heavy atom. The summed E-state index contributed by atoms with van der Waals surface area (Å²) in [6.07, 6.45) is 0.975. The minimum Gasteiger partial charge on any atom is -0.326 e. The molecule has 5 nitrogen and oxygen atoms in total. The topological polar surface area (TPSA) is 72.8 Å². The number of benzene rings is 1. The summed E-state index contributed by atoms with van der Waals surface area (Å²) in [6, 6.07) is 4.96. The maximum atomic E-state index is 11.3. The highest BCUT2D eigenvalue weighted by Gasteiger charge is 2.11. The van der Waals surface area contributed by atoms with Crippen molar-refractivity contribution < 1.29 is 15.2 Å². The second kappa shape index (κ2) is 5.48. The van der Waals surface area contributed by atoms with E-state index in [4.69, 9.17) is 10.4 Å². The SMILES string of the molecule is CCC(=O)Nc1cccc(N(O)O)c1CC. The molecule has 16 heavy (non-hydrogen) atoms. The predicted octanol–water partition coefficient (Wildman–Crippen LogP) is 2.18. The van der Waals surface area contributed by atoms with Gasteiger partial charge in [-0.3, -0.25) is 15.2 Å². The van der Waals surface area contributed by atoms with Crippen molar-refractivity contribution >= 4 is 17.3 Å². The van der Waals surface area contributed by atoms with Crippen LogP contribution in [0.3, 0.4) is 0 Å². The lowest BCUT2D eigenvalue weighted by atomic mass is 10.1. The molecule has 0 saturated carbocycles. The molecule has 0 aliphatic heterocycles. The van der Waals surface area contributed by atoms with Crippen LogP contribution >= 0.6 is 0 Å². The third kappa shape index (κ3) is 2.71. The first-order valence-electron chi connectivity index (χ1n) is 5.19. The van der Waals surface area contributed by atoms with E-state index in [0.717, 1.165) is 0 Å². The molecule has 0 radical (unpaired) electrons. The van der Waals surface area contributed by atoms with Crippen LogP contribution in [-0.4, -0.2) is 16.3 Å². The predicted molar refractivity (Wildman–Crippen MR) is 60.8 cm³/mol. The zero-order valence-electron chi connectivity index (χ0n) is 9.40. The van der Waals surface area contributed by atoms with E-state index >= 15 is 0 Å². The number of hydrogen-bond acceptors (Lipinski definition) is 4. The monoisotopic (exact) mass is 224 g/mol. The highest BCUT2D eigenvalue weighted by atomic mass is 16.8. The van der Waals surface area contributed by atoms with Gasteiger partial charge in [0.2, 0.25) is 5.91 Å². The largest absolute Gasteiger partial charge is 0.326 e. The van der Waals surface area contributed by atoms with Gasteiger partial charge in [-0.05, 0) is 18.6 Å². The first-order valence-corrected chi connectivity index (χ1v) is 5.19. The molecule has 1 aromatic rings. The number of carbonyl (C=O) groups excluding carboxylic acids is 1. The third-order valence-electron chi connectivity index (χ3n) is 2.32. The molecule has 0 fully saturated rings. The highest BCUT2D eigenvalue weighted by Crippen LogP contribution is 2.26. The number of nitrogens with zero attached hydrogens (tertiary/aromatic N) is 1. The van der Waals surface area contributed by atoms with Gasteiger partial charge >= 0.3 is 0 Å². The highest BCUT2D eigenvalue weighted by molar-refractivity contribution is 5.92. The summed E-state index contributed by atoms with van der Waals surface area (Å²) < 4.78 is 0. The summed E-state index contributed by atoms with van der Waals surface area (Å²) in [5, 5.41) is 20.8.